The normalized spacial score (nSPS) is 11.7. The summed E-state index contributed by atoms with van der Waals surface area (Å²) in [5.74, 6) is -0.0951. The molecule has 0 aliphatic carbocycles. The summed E-state index contributed by atoms with van der Waals surface area (Å²) in [7, 11) is 0. The molecule has 2 rings (SSSR count). The second-order valence-electron chi connectivity index (χ2n) is 4.98. The van der Waals surface area contributed by atoms with Crippen molar-refractivity contribution in [3.8, 4) is 0 Å². The van der Waals surface area contributed by atoms with E-state index >= 15 is 0 Å². The summed E-state index contributed by atoms with van der Waals surface area (Å²) in [6, 6.07) is 17.0. The molecule has 2 aromatic carbocycles. The Morgan fingerprint density at radius 3 is 2.52 bits per heavy atom. The van der Waals surface area contributed by atoms with Crippen LogP contribution in [0.1, 0.15) is 22.7 Å². The molecule has 0 saturated carbocycles. The second-order valence-corrected chi connectivity index (χ2v) is 5.45. The highest BCUT2D eigenvalue weighted by atomic mass is 32.1. The molecule has 2 aromatic rings. The molecule has 0 heterocycles. The van der Waals surface area contributed by atoms with E-state index in [0.29, 0.717) is 6.42 Å². The van der Waals surface area contributed by atoms with Crippen molar-refractivity contribution in [3.05, 3.63) is 71.3 Å². The average molecular weight is 298 g/mol. The first-order valence-corrected chi connectivity index (χ1v) is 7.16. The van der Waals surface area contributed by atoms with E-state index in [-0.39, 0.29) is 10.9 Å². The maximum Gasteiger partial charge on any atom is 0.225 e. The van der Waals surface area contributed by atoms with Crippen molar-refractivity contribution in [1.29, 1.82) is 0 Å². The molecule has 3 nitrogen and oxygen atoms in total. The van der Waals surface area contributed by atoms with Crippen molar-refractivity contribution in [1.82, 2.24) is 5.32 Å². The molecule has 0 aliphatic rings. The Labute approximate surface area is 130 Å². The van der Waals surface area contributed by atoms with Crippen LogP contribution in [0, 0.1) is 6.92 Å². The summed E-state index contributed by atoms with van der Waals surface area (Å²) in [6.07, 6.45) is 0.313. The minimum atomic E-state index is -0.432. The summed E-state index contributed by atoms with van der Waals surface area (Å²) in [5, 5.41) is 2.90. The minimum Gasteiger partial charge on any atom is -0.391 e. The first-order chi connectivity index (χ1) is 10.1. The maximum atomic E-state index is 12.2. The average Bonchev–Trinajstić information content (AvgIpc) is 2.45. The van der Waals surface area contributed by atoms with E-state index in [0.717, 1.165) is 16.7 Å². The summed E-state index contributed by atoms with van der Waals surface area (Å²) >= 11 is 5.07. The van der Waals surface area contributed by atoms with E-state index in [2.05, 4.69) is 5.32 Å². The molecule has 0 bridgehead atoms. The molecule has 0 spiro atoms. The van der Waals surface area contributed by atoms with Crippen LogP contribution in [-0.4, -0.2) is 10.9 Å². The van der Waals surface area contributed by atoms with Crippen LogP contribution in [0.2, 0.25) is 0 Å². The second kappa shape index (κ2) is 6.99. The molecule has 4 heteroatoms. The summed E-state index contributed by atoms with van der Waals surface area (Å²) in [6.45, 7) is 2.00. The fraction of sp³-hybridized carbons (Fsp3) is 0.176. The van der Waals surface area contributed by atoms with Crippen LogP contribution in [0.3, 0.4) is 0 Å². The van der Waals surface area contributed by atoms with Crippen molar-refractivity contribution >= 4 is 23.1 Å². The Balaban J connectivity index is 2.07. The topological polar surface area (TPSA) is 55.1 Å². The quantitative estimate of drug-likeness (QED) is 0.835. The smallest absolute Gasteiger partial charge is 0.225 e. The Hall–Kier alpha value is -2.20. The summed E-state index contributed by atoms with van der Waals surface area (Å²) < 4.78 is 0. The molecule has 1 amide bonds. The molecule has 1 atom stereocenters. The Morgan fingerprint density at radius 2 is 1.90 bits per heavy atom. The largest absolute Gasteiger partial charge is 0.391 e. The lowest BCUT2D eigenvalue weighted by Gasteiger charge is -2.18. The van der Waals surface area contributed by atoms with Crippen LogP contribution in [0.5, 0.6) is 0 Å². The van der Waals surface area contributed by atoms with Gasteiger partial charge in [0.05, 0.1) is 6.42 Å². The summed E-state index contributed by atoms with van der Waals surface area (Å²) in [5.41, 5.74) is 8.75. The minimum absolute atomic E-state index is 0.0951. The van der Waals surface area contributed by atoms with Crippen LogP contribution in [0.25, 0.3) is 0 Å². The van der Waals surface area contributed by atoms with Gasteiger partial charge in [-0.1, -0.05) is 72.4 Å². The van der Waals surface area contributed by atoms with Crippen LogP contribution in [0.4, 0.5) is 0 Å². The van der Waals surface area contributed by atoms with Gasteiger partial charge in [-0.15, -0.1) is 0 Å². The van der Waals surface area contributed by atoms with Gasteiger partial charge in [0.25, 0.3) is 0 Å². The predicted octanol–water partition coefficient (Wildman–Crippen LogP) is 2.68. The van der Waals surface area contributed by atoms with Gasteiger partial charge in [0.2, 0.25) is 5.91 Å². The molecular formula is C17H18N2OS. The zero-order chi connectivity index (χ0) is 15.2. The molecule has 1 unspecified atom stereocenters. The number of nitrogens with two attached hydrogens (primary N) is 1. The first-order valence-electron chi connectivity index (χ1n) is 6.75. The lowest BCUT2D eigenvalue weighted by atomic mass is 10.1. The molecule has 0 radical (unpaired) electrons. The third kappa shape index (κ3) is 4.39. The van der Waals surface area contributed by atoms with Gasteiger partial charge >= 0.3 is 0 Å². The lowest BCUT2D eigenvalue weighted by Crippen LogP contribution is -2.37. The van der Waals surface area contributed by atoms with E-state index in [4.69, 9.17) is 18.0 Å². The van der Waals surface area contributed by atoms with E-state index < -0.39 is 6.04 Å². The first kappa shape index (κ1) is 15.2. The maximum absolute atomic E-state index is 12.2. The molecule has 0 aliphatic heterocycles. The van der Waals surface area contributed by atoms with Crippen molar-refractivity contribution in [3.63, 3.8) is 0 Å². The lowest BCUT2D eigenvalue weighted by molar-refractivity contribution is -0.120. The third-order valence-electron chi connectivity index (χ3n) is 3.17. The summed E-state index contributed by atoms with van der Waals surface area (Å²) in [4.78, 5) is 12.4. The Bertz CT molecular complexity index is 640. The van der Waals surface area contributed by atoms with Crippen LogP contribution >= 0.6 is 12.2 Å². The van der Waals surface area contributed by atoms with Crippen molar-refractivity contribution < 1.29 is 4.79 Å². The van der Waals surface area contributed by atoms with Crippen molar-refractivity contribution in [2.75, 3.05) is 0 Å². The van der Waals surface area contributed by atoms with Crippen LogP contribution in [-0.2, 0) is 11.2 Å². The van der Waals surface area contributed by atoms with Gasteiger partial charge in [-0.05, 0) is 18.1 Å². The van der Waals surface area contributed by atoms with Gasteiger partial charge in [0.15, 0.2) is 0 Å². The number of thiocarbonyl (C=S) groups is 1. The molecule has 3 N–H and O–H groups in total. The molecular weight excluding hydrogens is 280 g/mol. The van der Waals surface area contributed by atoms with E-state index in [9.17, 15) is 4.79 Å². The van der Waals surface area contributed by atoms with Crippen molar-refractivity contribution in [2.24, 2.45) is 5.73 Å². The molecule has 21 heavy (non-hydrogen) atoms. The fourth-order valence-corrected chi connectivity index (χ4v) is 2.38. The number of hydrogen-bond acceptors (Lipinski definition) is 2. The van der Waals surface area contributed by atoms with Gasteiger partial charge in [0.1, 0.15) is 11.0 Å². The standard InChI is InChI=1S/C17H18N2OS/c1-12-6-5-7-13(10-12)11-15(20)19-16(17(18)21)14-8-3-2-4-9-14/h2-10,16H,11H2,1H3,(H2,18,21)(H,19,20). The van der Waals surface area contributed by atoms with Gasteiger partial charge in [0, 0.05) is 0 Å². The number of carbonyl (C=O) groups excluding carboxylic acids is 1. The number of hydrogen-bond donors (Lipinski definition) is 2. The number of aryl methyl sites for hydroxylation is 1. The van der Waals surface area contributed by atoms with Crippen LogP contribution in [0.15, 0.2) is 54.6 Å². The van der Waals surface area contributed by atoms with E-state index in [1.54, 1.807) is 0 Å². The van der Waals surface area contributed by atoms with Gasteiger partial charge in [-0.2, -0.15) is 0 Å². The van der Waals surface area contributed by atoms with Crippen LogP contribution < -0.4 is 11.1 Å². The molecule has 0 saturated heterocycles. The Kier molecular flexibility index (Phi) is 5.06. The number of amides is 1. The zero-order valence-electron chi connectivity index (χ0n) is 11.9. The highest BCUT2D eigenvalue weighted by molar-refractivity contribution is 7.80. The zero-order valence-corrected chi connectivity index (χ0v) is 12.7. The van der Waals surface area contributed by atoms with Gasteiger partial charge < -0.3 is 11.1 Å². The number of nitrogens with one attached hydrogen (secondary N) is 1. The van der Waals surface area contributed by atoms with Crippen molar-refractivity contribution in [2.45, 2.75) is 19.4 Å². The SMILES string of the molecule is Cc1cccc(CC(=O)NC(C(N)=S)c2ccccc2)c1. The predicted molar refractivity (Wildman–Crippen MR) is 89.0 cm³/mol. The Morgan fingerprint density at radius 1 is 1.19 bits per heavy atom. The highest BCUT2D eigenvalue weighted by Crippen LogP contribution is 2.13. The molecule has 108 valence electrons. The highest BCUT2D eigenvalue weighted by Gasteiger charge is 2.17. The van der Waals surface area contributed by atoms with E-state index in [1.165, 1.54) is 0 Å². The van der Waals surface area contributed by atoms with Gasteiger partial charge in [-0.3, -0.25) is 4.79 Å². The van der Waals surface area contributed by atoms with E-state index in [1.807, 2.05) is 61.5 Å². The van der Waals surface area contributed by atoms with Gasteiger partial charge in [-0.25, -0.2) is 0 Å². The number of carbonyl (C=O) groups is 1. The fourth-order valence-electron chi connectivity index (χ4n) is 2.18. The molecule has 0 aromatic heterocycles. The number of rotatable bonds is 5. The monoisotopic (exact) mass is 298 g/mol. The third-order valence-corrected chi connectivity index (χ3v) is 3.41. The number of benzene rings is 2. The molecule has 0 fully saturated rings.